The molecule has 1 heterocycles. The first-order valence-electron chi connectivity index (χ1n) is 6.90. The van der Waals surface area contributed by atoms with E-state index >= 15 is 0 Å². The van der Waals surface area contributed by atoms with Crippen LogP contribution >= 0.6 is 34.5 Å². The number of nitrogens with zero attached hydrogens (tertiary/aromatic N) is 2. The Morgan fingerprint density at radius 2 is 2.04 bits per heavy atom. The summed E-state index contributed by atoms with van der Waals surface area (Å²) in [6.07, 6.45) is 2.16. The Labute approximate surface area is 153 Å². The van der Waals surface area contributed by atoms with Gasteiger partial charge in [0.2, 0.25) is 5.13 Å². The van der Waals surface area contributed by atoms with E-state index in [2.05, 4.69) is 15.5 Å². The van der Waals surface area contributed by atoms with Gasteiger partial charge in [0.1, 0.15) is 4.88 Å². The zero-order chi connectivity index (χ0) is 17.7. The Bertz CT molecular complexity index is 754. The van der Waals surface area contributed by atoms with Gasteiger partial charge < -0.3 is 9.47 Å². The fraction of sp³-hybridized carbons (Fsp3) is 0.267. The molecule has 0 fully saturated rings. The number of esters is 1. The standard InChI is InChI=1S/C15H15Cl2N3O3S/c1-4-11-13(14(21)23-3)24-15(19-11)20-18-7-8-5-9(16)12(22-2)10(17)6-8/h5-7H,4H2,1-3H3,(H,19,20)/b18-7-. The number of methoxy groups -OCH3 is 2. The summed E-state index contributed by atoms with van der Waals surface area (Å²) in [4.78, 5) is 16.5. The van der Waals surface area contributed by atoms with E-state index in [-0.39, 0.29) is 0 Å². The summed E-state index contributed by atoms with van der Waals surface area (Å²) in [6, 6.07) is 3.35. The van der Waals surface area contributed by atoms with Gasteiger partial charge in [-0.15, -0.1) is 0 Å². The maximum Gasteiger partial charge on any atom is 0.350 e. The molecule has 0 aliphatic heterocycles. The first-order valence-corrected chi connectivity index (χ1v) is 8.47. The molecular formula is C15H15Cl2N3O3S. The highest BCUT2D eigenvalue weighted by Gasteiger charge is 2.17. The number of hydrazone groups is 1. The van der Waals surface area contributed by atoms with Crippen LogP contribution < -0.4 is 10.2 Å². The minimum Gasteiger partial charge on any atom is -0.494 e. The van der Waals surface area contributed by atoms with E-state index in [9.17, 15) is 4.79 Å². The van der Waals surface area contributed by atoms with Gasteiger partial charge >= 0.3 is 5.97 Å². The molecule has 1 aromatic heterocycles. The average Bonchev–Trinajstić information content (AvgIpc) is 2.97. The molecule has 0 aliphatic carbocycles. The normalized spacial score (nSPS) is 10.9. The molecule has 0 unspecified atom stereocenters. The number of anilines is 1. The van der Waals surface area contributed by atoms with Crippen LogP contribution in [0.1, 0.15) is 27.9 Å². The van der Waals surface area contributed by atoms with Gasteiger partial charge in [0, 0.05) is 0 Å². The molecule has 128 valence electrons. The summed E-state index contributed by atoms with van der Waals surface area (Å²) in [7, 11) is 2.83. The second-order valence-electron chi connectivity index (χ2n) is 4.53. The smallest absolute Gasteiger partial charge is 0.350 e. The number of carbonyl (C=O) groups is 1. The number of aryl methyl sites for hydroxylation is 1. The summed E-state index contributed by atoms with van der Waals surface area (Å²) < 4.78 is 9.83. The van der Waals surface area contributed by atoms with E-state index in [1.54, 1.807) is 18.3 Å². The lowest BCUT2D eigenvalue weighted by Crippen LogP contribution is -2.01. The van der Waals surface area contributed by atoms with Crippen molar-refractivity contribution >= 4 is 51.9 Å². The van der Waals surface area contributed by atoms with Crippen LogP contribution in [0.15, 0.2) is 17.2 Å². The quantitative estimate of drug-likeness (QED) is 0.455. The minimum absolute atomic E-state index is 0.391. The number of hydrogen-bond donors (Lipinski definition) is 1. The van der Waals surface area contributed by atoms with Crippen molar-refractivity contribution in [2.75, 3.05) is 19.6 Å². The van der Waals surface area contributed by atoms with Crippen LogP contribution in [0, 0.1) is 0 Å². The van der Waals surface area contributed by atoms with E-state index in [1.807, 2.05) is 6.92 Å². The molecule has 0 amide bonds. The Morgan fingerprint density at radius 3 is 2.58 bits per heavy atom. The molecule has 0 radical (unpaired) electrons. The Kier molecular flexibility index (Phi) is 6.42. The fourth-order valence-electron chi connectivity index (χ4n) is 1.90. The average molecular weight is 388 g/mol. The van der Waals surface area contributed by atoms with Crippen molar-refractivity contribution in [3.63, 3.8) is 0 Å². The summed E-state index contributed by atoms with van der Waals surface area (Å²) in [6.45, 7) is 1.91. The van der Waals surface area contributed by atoms with Crippen LogP contribution in [0.5, 0.6) is 5.75 Å². The molecular weight excluding hydrogens is 373 g/mol. The first kappa shape index (κ1) is 18.5. The van der Waals surface area contributed by atoms with Crippen LogP contribution in [0.4, 0.5) is 5.13 Å². The molecule has 2 aromatic rings. The minimum atomic E-state index is -0.407. The Morgan fingerprint density at radius 1 is 1.38 bits per heavy atom. The number of aromatic nitrogens is 1. The number of benzene rings is 1. The summed E-state index contributed by atoms with van der Waals surface area (Å²) in [5, 5.41) is 5.36. The van der Waals surface area contributed by atoms with Gasteiger partial charge in [-0.2, -0.15) is 5.10 Å². The van der Waals surface area contributed by atoms with Gasteiger partial charge in [-0.3, -0.25) is 5.43 Å². The van der Waals surface area contributed by atoms with Gasteiger partial charge in [-0.25, -0.2) is 9.78 Å². The van der Waals surface area contributed by atoms with Gasteiger partial charge in [-0.1, -0.05) is 41.5 Å². The van der Waals surface area contributed by atoms with E-state index in [0.29, 0.717) is 43.5 Å². The monoisotopic (exact) mass is 387 g/mol. The van der Waals surface area contributed by atoms with Crippen molar-refractivity contribution in [1.29, 1.82) is 0 Å². The Hall–Kier alpha value is -1.83. The van der Waals surface area contributed by atoms with Crippen LogP contribution in [-0.2, 0) is 11.2 Å². The topological polar surface area (TPSA) is 72.8 Å². The lowest BCUT2D eigenvalue weighted by molar-refractivity contribution is 0.0605. The predicted octanol–water partition coefficient (Wildman–Crippen LogP) is 4.25. The van der Waals surface area contributed by atoms with Gasteiger partial charge in [0.25, 0.3) is 0 Å². The number of thiazole rings is 1. The van der Waals surface area contributed by atoms with Crippen LogP contribution in [-0.4, -0.2) is 31.4 Å². The number of rotatable bonds is 6. The maximum atomic E-state index is 11.7. The largest absolute Gasteiger partial charge is 0.494 e. The highest BCUT2D eigenvalue weighted by molar-refractivity contribution is 7.17. The van der Waals surface area contributed by atoms with Gasteiger partial charge in [-0.05, 0) is 24.1 Å². The lowest BCUT2D eigenvalue weighted by Gasteiger charge is -2.06. The predicted molar refractivity (Wildman–Crippen MR) is 97.1 cm³/mol. The zero-order valence-electron chi connectivity index (χ0n) is 13.2. The highest BCUT2D eigenvalue weighted by atomic mass is 35.5. The number of ether oxygens (including phenoxy) is 2. The van der Waals surface area contributed by atoms with E-state index in [4.69, 9.17) is 32.7 Å². The zero-order valence-corrected chi connectivity index (χ0v) is 15.6. The van der Waals surface area contributed by atoms with Gasteiger partial charge in [0.05, 0.1) is 36.2 Å². The Balaban J connectivity index is 2.15. The SMILES string of the molecule is CCc1nc(N/N=C\c2cc(Cl)c(OC)c(Cl)c2)sc1C(=O)OC. The molecule has 1 aromatic carbocycles. The van der Waals surface area contributed by atoms with Crippen molar-refractivity contribution in [2.24, 2.45) is 5.10 Å². The van der Waals surface area contributed by atoms with Crippen molar-refractivity contribution in [3.05, 3.63) is 38.3 Å². The second kappa shape index (κ2) is 8.32. The van der Waals surface area contributed by atoms with Crippen molar-refractivity contribution in [2.45, 2.75) is 13.3 Å². The molecule has 6 nitrogen and oxygen atoms in total. The highest BCUT2D eigenvalue weighted by Crippen LogP contribution is 2.33. The second-order valence-corrected chi connectivity index (χ2v) is 6.34. The number of hydrogen-bond acceptors (Lipinski definition) is 7. The molecule has 2 rings (SSSR count). The summed E-state index contributed by atoms with van der Waals surface area (Å²) in [5.41, 5.74) is 4.15. The van der Waals surface area contributed by atoms with Crippen molar-refractivity contribution in [1.82, 2.24) is 4.98 Å². The number of carbonyl (C=O) groups excluding carboxylic acids is 1. The van der Waals surface area contributed by atoms with Crippen molar-refractivity contribution < 1.29 is 14.3 Å². The summed E-state index contributed by atoms with van der Waals surface area (Å²) in [5.74, 6) is 0.00812. The van der Waals surface area contributed by atoms with Crippen LogP contribution in [0.2, 0.25) is 10.0 Å². The molecule has 0 aliphatic rings. The summed E-state index contributed by atoms with van der Waals surface area (Å²) >= 11 is 13.3. The third kappa shape index (κ3) is 4.17. The van der Waals surface area contributed by atoms with Crippen LogP contribution in [0.3, 0.4) is 0 Å². The van der Waals surface area contributed by atoms with Gasteiger partial charge in [0.15, 0.2) is 5.75 Å². The van der Waals surface area contributed by atoms with Crippen LogP contribution in [0.25, 0.3) is 0 Å². The molecule has 9 heteroatoms. The molecule has 1 N–H and O–H groups in total. The molecule has 0 spiro atoms. The lowest BCUT2D eigenvalue weighted by atomic mass is 10.2. The number of nitrogens with one attached hydrogen (secondary N) is 1. The molecule has 24 heavy (non-hydrogen) atoms. The number of halogens is 2. The molecule has 0 saturated carbocycles. The van der Waals surface area contributed by atoms with Crippen molar-refractivity contribution in [3.8, 4) is 5.75 Å². The third-order valence-electron chi connectivity index (χ3n) is 3.00. The molecule has 0 bridgehead atoms. The third-order valence-corrected chi connectivity index (χ3v) is 4.55. The maximum absolute atomic E-state index is 11.7. The first-order chi connectivity index (χ1) is 11.5. The van der Waals surface area contributed by atoms with E-state index < -0.39 is 5.97 Å². The fourth-order valence-corrected chi connectivity index (χ4v) is 3.48. The van der Waals surface area contributed by atoms with E-state index in [1.165, 1.54) is 25.6 Å². The molecule has 0 atom stereocenters. The molecule has 0 saturated heterocycles. The van der Waals surface area contributed by atoms with E-state index in [0.717, 1.165) is 0 Å².